The molecule has 1 aromatic heterocycles. The van der Waals surface area contributed by atoms with Gasteiger partial charge in [0.15, 0.2) is 0 Å². The molecule has 0 spiro atoms. The van der Waals surface area contributed by atoms with Crippen LogP contribution in [0, 0.1) is 12.8 Å². The van der Waals surface area contributed by atoms with Gasteiger partial charge in [0, 0.05) is 30.4 Å². The first kappa shape index (κ1) is 12.6. The Morgan fingerprint density at radius 2 is 2.00 bits per heavy atom. The first-order valence-electron chi connectivity index (χ1n) is 6.82. The summed E-state index contributed by atoms with van der Waals surface area (Å²) in [5.41, 5.74) is 2.61. The van der Waals surface area contributed by atoms with E-state index in [1.54, 1.807) is 0 Å². The Morgan fingerprint density at radius 3 is 2.53 bits per heavy atom. The molecule has 2 rings (SSSR count). The molecule has 1 saturated carbocycles. The molecule has 96 valence electrons. The van der Waals surface area contributed by atoms with E-state index in [4.69, 9.17) is 0 Å². The Kier molecular flexibility index (Phi) is 3.87. The number of hydrogen-bond donors (Lipinski definition) is 1. The third kappa shape index (κ3) is 2.89. The summed E-state index contributed by atoms with van der Waals surface area (Å²) >= 11 is 0. The van der Waals surface area contributed by atoms with Gasteiger partial charge >= 0.3 is 0 Å². The lowest BCUT2D eigenvalue weighted by Crippen LogP contribution is -2.34. The van der Waals surface area contributed by atoms with Gasteiger partial charge in [0.25, 0.3) is 0 Å². The van der Waals surface area contributed by atoms with Gasteiger partial charge in [-0.1, -0.05) is 6.92 Å². The molecule has 1 aliphatic rings. The zero-order valence-electron chi connectivity index (χ0n) is 11.5. The van der Waals surface area contributed by atoms with Crippen LogP contribution < -0.4 is 5.32 Å². The van der Waals surface area contributed by atoms with Crippen molar-refractivity contribution in [3.63, 3.8) is 0 Å². The predicted molar refractivity (Wildman–Crippen MR) is 70.9 cm³/mol. The van der Waals surface area contributed by atoms with Crippen molar-refractivity contribution in [1.82, 2.24) is 15.1 Å². The topological polar surface area (TPSA) is 29.9 Å². The highest BCUT2D eigenvalue weighted by Crippen LogP contribution is 2.26. The van der Waals surface area contributed by atoms with Crippen molar-refractivity contribution in [3.8, 4) is 0 Å². The van der Waals surface area contributed by atoms with Crippen LogP contribution in [0.1, 0.15) is 56.8 Å². The molecule has 1 aliphatic carbocycles. The second-order valence-electron chi connectivity index (χ2n) is 5.65. The standard InChI is InChI=1S/C14H25N3/c1-10-5-7-13(8-6-10)16-11(2)14-9-15-17(4)12(14)3/h9-11,13,16H,5-8H2,1-4H3. The van der Waals surface area contributed by atoms with E-state index in [-0.39, 0.29) is 0 Å². The van der Waals surface area contributed by atoms with Crippen LogP contribution in [0.5, 0.6) is 0 Å². The fraction of sp³-hybridized carbons (Fsp3) is 0.786. The summed E-state index contributed by atoms with van der Waals surface area (Å²) in [6.45, 7) is 6.76. The van der Waals surface area contributed by atoms with E-state index in [0.29, 0.717) is 12.1 Å². The largest absolute Gasteiger partial charge is 0.307 e. The maximum absolute atomic E-state index is 4.32. The monoisotopic (exact) mass is 235 g/mol. The van der Waals surface area contributed by atoms with Gasteiger partial charge in [-0.15, -0.1) is 0 Å². The van der Waals surface area contributed by atoms with Gasteiger partial charge in [-0.05, 0) is 45.4 Å². The van der Waals surface area contributed by atoms with Crippen molar-refractivity contribution in [2.75, 3.05) is 0 Å². The Morgan fingerprint density at radius 1 is 1.35 bits per heavy atom. The zero-order chi connectivity index (χ0) is 12.4. The summed E-state index contributed by atoms with van der Waals surface area (Å²) in [5, 5.41) is 8.08. The quantitative estimate of drug-likeness (QED) is 0.873. The van der Waals surface area contributed by atoms with E-state index in [0.717, 1.165) is 5.92 Å². The van der Waals surface area contributed by atoms with E-state index in [1.807, 2.05) is 17.9 Å². The fourth-order valence-electron chi connectivity index (χ4n) is 2.81. The molecule has 1 fully saturated rings. The van der Waals surface area contributed by atoms with Crippen molar-refractivity contribution in [3.05, 3.63) is 17.5 Å². The lowest BCUT2D eigenvalue weighted by molar-refractivity contribution is 0.291. The van der Waals surface area contributed by atoms with E-state index in [1.165, 1.54) is 36.9 Å². The van der Waals surface area contributed by atoms with Crippen molar-refractivity contribution in [2.45, 2.75) is 58.5 Å². The Bertz CT molecular complexity index is 362. The summed E-state index contributed by atoms with van der Waals surface area (Å²) in [6.07, 6.45) is 7.39. The molecule has 0 radical (unpaired) electrons. The molecule has 1 atom stereocenters. The zero-order valence-corrected chi connectivity index (χ0v) is 11.5. The van der Waals surface area contributed by atoms with E-state index < -0.39 is 0 Å². The molecule has 3 heteroatoms. The average molecular weight is 235 g/mol. The fourth-order valence-corrected chi connectivity index (χ4v) is 2.81. The van der Waals surface area contributed by atoms with Crippen molar-refractivity contribution in [1.29, 1.82) is 0 Å². The van der Waals surface area contributed by atoms with E-state index in [9.17, 15) is 0 Å². The maximum atomic E-state index is 4.32. The number of aromatic nitrogens is 2. The third-order valence-electron chi connectivity index (χ3n) is 4.24. The SMILES string of the molecule is Cc1c(C(C)NC2CCC(C)CC2)cnn1C. The number of nitrogens with zero attached hydrogens (tertiary/aromatic N) is 2. The number of hydrogen-bond acceptors (Lipinski definition) is 2. The summed E-state index contributed by atoms with van der Waals surface area (Å²) < 4.78 is 1.95. The lowest BCUT2D eigenvalue weighted by atomic mass is 9.87. The number of nitrogens with one attached hydrogen (secondary N) is 1. The smallest absolute Gasteiger partial charge is 0.0540 e. The second-order valence-corrected chi connectivity index (χ2v) is 5.65. The Balaban J connectivity index is 1.93. The van der Waals surface area contributed by atoms with Crippen LogP contribution in [-0.2, 0) is 7.05 Å². The number of rotatable bonds is 3. The third-order valence-corrected chi connectivity index (χ3v) is 4.24. The summed E-state index contributed by atoms with van der Waals surface area (Å²) in [6, 6.07) is 1.11. The lowest BCUT2D eigenvalue weighted by Gasteiger charge is -2.29. The number of aryl methyl sites for hydroxylation is 1. The minimum atomic E-state index is 0.419. The van der Waals surface area contributed by atoms with Crippen LogP contribution in [0.3, 0.4) is 0 Å². The highest BCUT2D eigenvalue weighted by molar-refractivity contribution is 5.19. The predicted octanol–water partition coefficient (Wildman–Crippen LogP) is 2.96. The first-order valence-corrected chi connectivity index (χ1v) is 6.82. The minimum Gasteiger partial charge on any atom is -0.307 e. The highest BCUT2D eigenvalue weighted by atomic mass is 15.3. The van der Waals surface area contributed by atoms with E-state index in [2.05, 4.69) is 31.2 Å². The Hall–Kier alpha value is -0.830. The maximum Gasteiger partial charge on any atom is 0.0540 e. The molecule has 0 bridgehead atoms. The van der Waals surface area contributed by atoms with Gasteiger partial charge in [0.2, 0.25) is 0 Å². The van der Waals surface area contributed by atoms with Crippen LogP contribution in [-0.4, -0.2) is 15.8 Å². The summed E-state index contributed by atoms with van der Waals surface area (Å²) in [4.78, 5) is 0. The minimum absolute atomic E-state index is 0.419. The Labute approximate surface area is 105 Å². The second kappa shape index (κ2) is 5.21. The first-order chi connectivity index (χ1) is 8.08. The van der Waals surface area contributed by atoms with Crippen LogP contribution >= 0.6 is 0 Å². The van der Waals surface area contributed by atoms with Gasteiger partial charge in [0.05, 0.1) is 6.20 Å². The van der Waals surface area contributed by atoms with Gasteiger partial charge in [0.1, 0.15) is 0 Å². The molecule has 17 heavy (non-hydrogen) atoms. The van der Waals surface area contributed by atoms with Crippen molar-refractivity contribution in [2.24, 2.45) is 13.0 Å². The van der Waals surface area contributed by atoms with Crippen LogP contribution in [0.2, 0.25) is 0 Å². The van der Waals surface area contributed by atoms with Crippen LogP contribution in [0.25, 0.3) is 0 Å². The van der Waals surface area contributed by atoms with Crippen LogP contribution in [0.15, 0.2) is 6.20 Å². The normalized spacial score (nSPS) is 27.1. The summed E-state index contributed by atoms with van der Waals surface area (Å²) in [5.74, 6) is 0.920. The average Bonchev–Trinajstić information content (AvgIpc) is 2.63. The van der Waals surface area contributed by atoms with Crippen molar-refractivity contribution < 1.29 is 0 Å². The molecular formula is C14H25N3. The van der Waals surface area contributed by atoms with Crippen molar-refractivity contribution >= 4 is 0 Å². The molecule has 0 saturated heterocycles. The van der Waals surface area contributed by atoms with E-state index >= 15 is 0 Å². The van der Waals surface area contributed by atoms with Gasteiger partial charge in [-0.2, -0.15) is 5.10 Å². The molecule has 0 amide bonds. The summed E-state index contributed by atoms with van der Waals surface area (Å²) in [7, 11) is 2.01. The van der Waals surface area contributed by atoms with Gasteiger partial charge in [-0.3, -0.25) is 4.68 Å². The van der Waals surface area contributed by atoms with Crippen LogP contribution in [0.4, 0.5) is 0 Å². The molecule has 1 N–H and O–H groups in total. The molecule has 3 nitrogen and oxygen atoms in total. The molecular weight excluding hydrogens is 210 g/mol. The molecule has 0 aliphatic heterocycles. The molecule has 1 unspecified atom stereocenters. The molecule has 1 heterocycles. The highest BCUT2D eigenvalue weighted by Gasteiger charge is 2.21. The van der Waals surface area contributed by atoms with Gasteiger partial charge in [-0.25, -0.2) is 0 Å². The molecule has 0 aromatic carbocycles. The molecule has 1 aromatic rings. The van der Waals surface area contributed by atoms with Gasteiger partial charge < -0.3 is 5.32 Å².